The monoisotopic (exact) mass is 383 g/mol. The van der Waals surface area contributed by atoms with Gasteiger partial charge in [-0.1, -0.05) is 35.3 Å². The summed E-state index contributed by atoms with van der Waals surface area (Å²) >= 11 is 13.2. The van der Waals surface area contributed by atoms with Gasteiger partial charge < -0.3 is 10.4 Å². The molecule has 0 unspecified atom stereocenters. The van der Waals surface area contributed by atoms with Gasteiger partial charge in [-0.15, -0.1) is 11.8 Å². The first kappa shape index (κ1) is 18.6. The molecule has 2 rings (SSSR count). The van der Waals surface area contributed by atoms with Gasteiger partial charge in [0.1, 0.15) is 0 Å². The number of amides is 1. The van der Waals surface area contributed by atoms with Crippen LogP contribution in [0.4, 0.5) is 5.69 Å². The van der Waals surface area contributed by atoms with E-state index in [-0.39, 0.29) is 17.2 Å². The molecule has 1 amide bonds. The van der Waals surface area contributed by atoms with Gasteiger partial charge in [0.2, 0.25) is 5.91 Å². The fraction of sp³-hybridized carbons (Fsp3) is 0.176. The number of thioether (sulfide) groups is 1. The zero-order valence-electron chi connectivity index (χ0n) is 12.8. The largest absolute Gasteiger partial charge is 0.478 e. The second-order valence-electron chi connectivity index (χ2n) is 5.07. The number of aromatic carboxylic acids is 1. The van der Waals surface area contributed by atoms with Gasteiger partial charge in [-0.25, -0.2) is 4.79 Å². The fourth-order valence-electron chi connectivity index (χ4n) is 2.08. The van der Waals surface area contributed by atoms with Crippen LogP contribution in [0.15, 0.2) is 36.4 Å². The van der Waals surface area contributed by atoms with E-state index in [9.17, 15) is 9.59 Å². The molecule has 0 fully saturated rings. The summed E-state index contributed by atoms with van der Waals surface area (Å²) in [5, 5.41) is 12.8. The minimum Gasteiger partial charge on any atom is -0.478 e. The van der Waals surface area contributed by atoms with Gasteiger partial charge in [-0.3, -0.25) is 4.79 Å². The van der Waals surface area contributed by atoms with Crippen LogP contribution < -0.4 is 5.32 Å². The lowest BCUT2D eigenvalue weighted by Gasteiger charge is -2.10. The van der Waals surface area contributed by atoms with Crippen molar-refractivity contribution in [3.63, 3.8) is 0 Å². The van der Waals surface area contributed by atoms with Crippen LogP contribution in [-0.4, -0.2) is 22.7 Å². The Kier molecular flexibility index (Phi) is 6.54. The molecular weight excluding hydrogens is 369 g/mol. The van der Waals surface area contributed by atoms with Crippen molar-refractivity contribution in [3.8, 4) is 0 Å². The first-order chi connectivity index (χ1) is 11.4. The van der Waals surface area contributed by atoms with Crippen LogP contribution in [0.25, 0.3) is 0 Å². The summed E-state index contributed by atoms with van der Waals surface area (Å²) in [5.41, 5.74) is 2.20. The summed E-state index contributed by atoms with van der Waals surface area (Å²) in [7, 11) is 0. The zero-order valence-corrected chi connectivity index (χ0v) is 15.1. The van der Waals surface area contributed by atoms with Crippen LogP contribution in [-0.2, 0) is 10.5 Å². The number of carbonyl (C=O) groups is 2. The molecule has 0 saturated heterocycles. The van der Waals surface area contributed by atoms with Crippen molar-refractivity contribution in [3.05, 3.63) is 63.1 Å². The molecule has 0 saturated carbocycles. The molecule has 2 aromatic carbocycles. The SMILES string of the molecule is Cc1c(NC(=O)CSCc2ccc(Cl)c(Cl)c2)cccc1C(=O)O. The maximum atomic E-state index is 12.0. The maximum absolute atomic E-state index is 12.0. The first-order valence-corrected chi connectivity index (χ1v) is 8.94. The van der Waals surface area contributed by atoms with Crippen molar-refractivity contribution in [2.24, 2.45) is 0 Å². The predicted molar refractivity (Wildman–Crippen MR) is 99.4 cm³/mol. The summed E-state index contributed by atoms with van der Waals surface area (Å²) in [6, 6.07) is 10.2. The van der Waals surface area contributed by atoms with Crippen molar-refractivity contribution < 1.29 is 14.7 Å². The average molecular weight is 384 g/mol. The Balaban J connectivity index is 1.91. The number of benzene rings is 2. The second kappa shape index (κ2) is 8.42. The number of anilines is 1. The van der Waals surface area contributed by atoms with E-state index < -0.39 is 5.97 Å². The van der Waals surface area contributed by atoms with Crippen molar-refractivity contribution in [1.82, 2.24) is 0 Å². The van der Waals surface area contributed by atoms with E-state index in [1.54, 1.807) is 31.2 Å². The molecule has 126 valence electrons. The third-order valence-corrected chi connectivity index (χ3v) is 5.07. The Morgan fingerprint density at radius 3 is 2.58 bits per heavy atom. The van der Waals surface area contributed by atoms with Crippen LogP contribution in [0, 0.1) is 6.92 Å². The standard InChI is InChI=1S/C17H15Cl2NO3S/c1-10-12(17(22)23)3-2-4-15(10)20-16(21)9-24-8-11-5-6-13(18)14(19)7-11/h2-7H,8-9H2,1H3,(H,20,21)(H,22,23). The molecule has 0 atom stereocenters. The summed E-state index contributed by atoms with van der Waals surface area (Å²) in [5.74, 6) is -0.335. The van der Waals surface area contributed by atoms with Crippen LogP contribution in [0.1, 0.15) is 21.5 Å². The number of hydrogen-bond acceptors (Lipinski definition) is 3. The highest BCUT2D eigenvalue weighted by atomic mass is 35.5. The van der Waals surface area contributed by atoms with E-state index in [4.69, 9.17) is 28.3 Å². The molecule has 0 heterocycles. The van der Waals surface area contributed by atoms with Gasteiger partial charge in [0, 0.05) is 11.4 Å². The number of carboxylic acids is 1. The van der Waals surface area contributed by atoms with E-state index in [0.717, 1.165) is 5.56 Å². The fourth-order valence-corrected chi connectivity index (χ4v) is 3.18. The zero-order chi connectivity index (χ0) is 17.7. The molecule has 0 radical (unpaired) electrons. The first-order valence-electron chi connectivity index (χ1n) is 7.03. The topological polar surface area (TPSA) is 66.4 Å². The molecule has 4 nitrogen and oxygen atoms in total. The highest BCUT2D eigenvalue weighted by molar-refractivity contribution is 7.99. The van der Waals surface area contributed by atoms with Crippen LogP contribution >= 0.6 is 35.0 Å². The van der Waals surface area contributed by atoms with Gasteiger partial charge in [-0.2, -0.15) is 0 Å². The van der Waals surface area contributed by atoms with Gasteiger partial charge in [-0.05, 0) is 42.3 Å². The lowest BCUT2D eigenvalue weighted by atomic mass is 10.1. The van der Waals surface area contributed by atoms with Crippen LogP contribution in [0.3, 0.4) is 0 Å². The van der Waals surface area contributed by atoms with Crippen molar-refractivity contribution in [2.75, 3.05) is 11.1 Å². The second-order valence-corrected chi connectivity index (χ2v) is 6.87. The van der Waals surface area contributed by atoms with Crippen LogP contribution in [0.2, 0.25) is 10.0 Å². The van der Waals surface area contributed by atoms with Crippen molar-refractivity contribution in [2.45, 2.75) is 12.7 Å². The summed E-state index contributed by atoms with van der Waals surface area (Å²) in [6.07, 6.45) is 0. The molecule has 2 aromatic rings. The quantitative estimate of drug-likeness (QED) is 0.746. The molecule has 24 heavy (non-hydrogen) atoms. The Morgan fingerprint density at radius 1 is 1.17 bits per heavy atom. The van der Waals surface area contributed by atoms with Gasteiger partial charge in [0.25, 0.3) is 0 Å². The number of nitrogens with one attached hydrogen (secondary N) is 1. The number of halogens is 2. The molecule has 0 spiro atoms. The Labute approximate surface area is 154 Å². The van der Waals surface area contributed by atoms with E-state index in [0.29, 0.717) is 27.0 Å². The minimum absolute atomic E-state index is 0.177. The van der Waals surface area contributed by atoms with Crippen molar-refractivity contribution >= 4 is 52.5 Å². The number of carbonyl (C=O) groups excluding carboxylic acids is 1. The molecule has 0 aliphatic rings. The lowest BCUT2D eigenvalue weighted by molar-refractivity contribution is -0.113. The summed E-state index contributed by atoms with van der Waals surface area (Å²) < 4.78 is 0. The summed E-state index contributed by atoms with van der Waals surface area (Å²) in [6.45, 7) is 1.67. The summed E-state index contributed by atoms with van der Waals surface area (Å²) in [4.78, 5) is 23.1. The molecule has 2 N–H and O–H groups in total. The molecule has 7 heteroatoms. The smallest absolute Gasteiger partial charge is 0.336 e. The Morgan fingerprint density at radius 2 is 1.92 bits per heavy atom. The van der Waals surface area contributed by atoms with E-state index in [1.807, 2.05) is 6.07 Å². The van der Waals surface area contributed by atoms with E-state index in [2.05, 4.69) is 5.32 Å². The van der Waals surface area contributed by atoms with Crippen molar-refractivity contribution in [1.29, 1.82) is 0 Å². The molecule has 0 aliphatic carbocycles. The minimum atomic E-state index is -1.02. The van der Waals surface area contributed by atoms with Gasteiger partial charge in [0.05, 0.1) is 21.4 Å². The number of carboxylic acid groups (broad SMARTS) is 1. The Bertz CT molecular complexity index is 780. The van der Waals surface area contributed by atoms with Gasteiger partial charge in [0.15, 0.2) is 0 Å². The van der Waals surface area contributed by atoms with E-state index >= 15 is 0 Å². The Hall–Kier alpha value is -1.69. The normalized spacial score (nSPS) is 10.5. The predicted octanol–water partition coefficient (Wildman–Crippen LogP) is 4.87. The molecule has 0 aromatic heterocycles. The highest BCUT2D eigenvalue weighted by Gasteiger charge is 2.12. The molecular formula is C17H15Cl2NO3S. The van der Waals surface area contributed by atoms with Crippen LogP contribution in [0.5, 0.6) is 0 Å². The van der Waals surface area contributed by atoms with E-state index in [1.165, 1.54) is 17.8 Å². The third-order valence-electron chi connectivity index (χ3n) is 3.32. The average Bonchev–Trinajstić information content (AvgIpc) is 2.52. The number of hydrogen-bond donors (Lipinski definition) is 2. The third kappa shape index (κ3) is 4.90. The maximum Gasteiger partial charge on any atom is 0.336 e. The highest BCUT2D eigenvalue weighted by Crippen LogP contribution is 2.25. The van der Waals surface area contributed by atoms with Gasteiger partial charge >= 0.3 is 5.97 Å². The lowest BCUT2D eigenvalue weighted by Crippen LogP contribution is -2.16. The number of rotatable bonds is 6. The molecule has 0 aliphatic heterocycles. The molecule has 0 bridgehead atoms.